The number of hydrogen-bond acceptors (Lipinski definition) is 2. The van der Waals surface area contributed by atoms with Crippen molar-refractivity contribution in [2.24, 2.45) is 5.92 Å². The van der Waals surface area contributed by atoms with Crippen LogP contribution in [0.3, 0.4) is 0 Å². The number of nitrogens with zero attached hydrogens (tertiary/aromatic N) is 2. The minimum absolute atomic E-state index is 0.610. The monoisotopic (exact) mass is 149 g/mol. The van der Waals surface area contributed by atoms with Gasteiger partial charge in [0.15, 0.2) is 0 Å². The van der Waals surface area contributed by atoms with Crippen LogP contribution in [0.25, 0.3) is 6.20 Å². The molecule has 0 fully saturated rings. The van der Waals surface area contributed by atoms with E-state index < -0.39 is 0 Å². The maximum absolute atomic E-state index is 5.54. The van der Waals surface area contributed by atoms with Crippen LogP contribution in [0.1, 0.15) is 12.6 Å². The molecule has 3 nitrogen and oxygen atoms in total. The highest BCUT2D eigenvalue weighted by Gasteiger charge is 2.10. The van der Waals surface area contributed by atoms with Crippen molar-refractivity contribution in [3.63, 3.8) is 0 Å². The van der Waals surface area contributed by atoms with Gasteiger partial charge in [0.2, 0.25) is 0 Å². The molecule has 2 N–H and O–H groups in total. The fraction of sp³-hybridized carbons (Fsp3) is 0.375. The molecule has 0 amide bonds. The molecule has 0 saturated heterocycles. The Bertz CT molecular complexity index is 298. The molecule has 2 heterocycles. The summed E-state index contributed by atoms with van der Waals surface area (Å²) in [5.41, 5.74) is 6.74. The maximum Gasteiger partial charge on any atom is 0.146 e. The smallest absolute Gasteiger partial charge is 0.146 e. The van der Waals surface area contributed by atoms with Crippen molar-refractivity contribution in [2.75, 3.05) is 5.73 Å². The van der Waals surface area contributed by atoms with Gasteiger partial charge < -0.3 is 5.73 Å². The Hall–Kier alpha value is -1.25. The number of rotatable bonds is 0. The first-order valence-electron chi connectivity index (χ1n) is 3.78. The fourth-order valence-corrected chi connectivity index (χ4v) is 1.36. The first-order valence-corrected chi connectivity index (χ1v) is 3.78. The summed E-state index contributed by atoms with van der Waals surface area (Å²) >= 11 is 0. The molecule has 1 unspecified atom stereocenters. The quantitative estimate of drug-likeness (QED) is 0.601. The maximum atomic E-state index is 5.54. The Labute approximate surface area is 65.5 Å². The molecule has 0 bridgehead atoms. The van der Waals surface area contributed by atoms with Crippen molar-refractivity contribution in [1.82, 2.24) is 9.78 Å². The lowest BCUT2D eigenvalue weighted by molar-refractivity contribution is 0.659. The van der Waals surface area contributed by atoms with Crippen LogP contribution in [-0.4, -0.2) is 9.78 Å². The number of fused-ring (bicyclic) bond motifs is 1. The first-order chi connectivity index (χ1) is 5.25. The van der Waals surface area contributed by atoms with Crippen molar-refractivity contribution in [1.29, 1.82) is 0 Å². The lowest BCUT2D eigenvalue weighted by Crippen LogP contribution is -2.07. The molecule has 1 aromatic rings. The average molecular weight is 149 g/mol. The topological polar surface area (TPSA) is 43.8 Å². The summed E-state index contributed by atoms with van der Waals surface area (Å²) in [4.78, 5) is 0. The van der Waals surface area contributed by atoms with E-state index in [2.05, 4.69) is 18.1 Å². The summed E-state index contributed by atoms with van der Waals surface area (Å²) in [7, 11) is 0. The highest BCUT2D eigenvalue weighted by molar-refractivity contribution is 5.38. The number of nitrogens with two attached hydrogens (primary N) is 1. The zero-order chi connectivity index (χ0) is 7.84. The molecule has 1 aromatic heterocycles. The number of allylic oxidation sites excluding steroid dienone is 1. The van der Waals surface area contributed by atoms with Gasteiger partial charge in [-0.15, -0.1) is 0 Å². The second-order valence-electron chi connectivity index (χ2n) is 3.03. The van der Waals surface area contributed by atoms with Gasteiger partial charge in [0.25, 0.3) is 0 Å². The number of aromatic nitrogens is 2. The molecule has 1 aliphatic rings. The van der Waals surface area contributed by atoms with Crippen LogP contribution in [0.15, 0.2) is 12.1 Å². The Morgan fingerprint density at radius 3 is 3.36 bits per heavy atom. The van der Waals surface area contributed by atoms with Crippen LogP contribution in [0.5, 0.6) is 0 Å². The average Bonchev–Trinajstić information content (AvgIpc) is 2.27. The van der Waals surface area contributed by atoms with E-state index in [1.807, 2.05) is 16.9 Å². The summed E-state index contributed by atoms with van der Waals surface area (Å²) in [6, 6.07) is 1.93. The minimum atomic E-state index is 0.610. The lowest BCUT2D eigenvalue weighted by Gasteiger charge is -2.11. The van der Waals surface area contributed by atoms with Crippen molar-refractivity contribution in [3.05, 3.63) is 17.8 Å². The van der Waals surface area contributed by atoms with E-state index in [1.54, 1.807) is 0 Å². The van der Waals surface area contributed by atoms with Crippen molar-refractivity contribution in [2.45, 2.75) is 13.3 Å². The van der Waals surface area contributed by atoms with Crippen LogP contribution in [0.4, 0.5) is 5.82 Å². The SMILES string of the molecule is CC1C=Cn2nc(N)cc2C1. The van der Waals surface area contributed by atoms with E-state index >= 15 is 0 Å². The zero-order valence-electron chi connectivity index (χ0n) is 6.49. The van der Waals surface area contributed by atoms with Gasteiger partial charge in [-0.25, -0.2) is 4.68 Å². The van der Waals surface area contributed by atoms with Crippen LogP contribution in [0, 0.1) is 5.92 Å². The van der Waals surface area contributed by atoms with Gasteiger partial charge in [-0.1, -0.05) is 13.0 Å². The predicted octanol–water partition coefficient (Wildman–Crippen LogP) is 1.13. The fourth-order valence-electron chi connectivity index (χ4n) is 1.36. The summed E-state index contributed by atoms with van der Waals surface area (Å²) in [5.74, 6) is 1.22. The molecular weight excluding hydrogens is 138 g/mol. The van der Waals surface area contributed by atoms with E-state index in [0.717, 1.165) is 6.42 Å². The molecule has 11 heavy (non-hydrogen) atoms. The van der Waals surface area contributed by atoms with Gasteiger partial charge in [-0.05, 0) is 12.3 Å². The van der Waals surface area contributed by atoms with Gasteiger partial charge in [0.1, 0.15) is 5.82 Å². The van der Waals surface area contributed by atoms with Crippen LogP contribution in [-0.2, 0) is 6.42 Å². The van der Waals surface area contributed by atoms with E-state index in [-0.39, 0.29) is 0 Å². The Morgan fingerprint density at radius 2 is 2.55 bits per heavy atom. The Balaban J connectivity index is 2.44. The van der Waals surface area contributed by atoms with Gasteiger partial charge in [-0.3, -0.25) is 0 Å². The van der Waals surface area contributed by atoms with E-state index in [4.69, 9.17) is 5.73 Å². The largest absolute Gasteiger partial charge is 0.382 e. The molecule has 3 heteroatoms. The third kappa shape index (κ3) is 1.02. The number of anilines is 1. The number of nitrogen functional groups attached to an aromatic ring is 1. The molecule has 58 valence electrons. The molecule has 0 radical (unpaired) electrons. The van der Waals surface area contributed by atoms with Gasteiger partial charge in [0, 0.05) is 18.0 Å². The van der Waals surface area contributed by atoms with Gasteiger partial charge in [0.05, 0.1) is 0 Å². The van der Waals surface area contributed by atoms with Crippen LogP contribution < -0.4 is 5.73 Å². The highest BCUT2D eigenvalue weighted by Crippen LogP contribution is 2.17. The lowest BCUT2D eigenvalue weighted by atomic mass is 10.0. The second-order valence-corrected chi connectivity index (χ2v) is 3.03. The highest BCUT2D eigenvalue weighted by atomic mass is 15.3. The standard InChI is InChI=1S/C8H11N3/c1-6-2-3-11-7(4-6)5-8(9)10-11/h2-3,5-6H,4H2,1H3,(H2,9,10). The molecule has 1 atom stereocenters. The Morgan fingerprint density at radius 1 is 1.73 bits per heavy atom. The van der Waals surface area contributed by atoms with Crippen molar-refractivity contribution < 1.29 is 0 Å². The molecular formula is C8H11N3. The minimum Gasteiger partial charge on any atom is -0.382 e. The normalized spacial score (nSPS) is 21.7. The van der Waals surface area contributed by atoms with Crippen LogP contribution in [0.2, 0.25) is 0 Å². The Kier molecular flexibility index (Phi) is 1.24. The molecule has 0 aromatic carbocycles. The number of hydrogen-bond donors (Lipinski definition) is 1. The first kappa shape index (κ1) is 6.46. The van der Waals surface area contributed by atoms with Crippen LogP contribution >= 0.6 is 0 Å². The predicted molar refractivity (Wildman–Crippen MR) is 44.8 cm³/mol. The van der Waals surface area contributed by atoms with Crippen molar-refractivity contribution >= 4 is 12.0 Å². The zero-order valence-corrected chi connectivity index (χ0v) is 6.49. The molecule has 0 saturated carbocycles. The molecule has 2 rings (SSSR count). The summed E-state index contributed by atoms with van der Waals surface area (Å²) < 4.78 is 1.84. The third-order valence-corrected chi connectivity index (χ3v) is 1.92. The summed E-state index contributed by atoms with van der Waals surface area (Å²) in [6.07, 6.45) is 5.15. The van der Waals surface area contributed by atoms with Crippen molar-refractivity contribution in [3.8, 4) is 0 Å². The van der Waals surface area contributed by atoms with E-state index in [9.17, 15) is 0 Å². The van der Waals surface area contributed by atoms with E-state index in [0.29, 0.717) is 11.7 Å². The molecule has 1 aliphatic heterocycles. The second kappa shape index (κ2) is 2.12. The van der Waals surface area contributed by atoms with Gasteiger partial charge in [-0.2, -0.15) is 5.10 Å². The van der Waals surface area contributed by atoms with Gasteiger partial charge >= 0.3 is 0 Å². The summed E-state index contributed by atoms with van der Waals surface area (Å²) in [6.45, 7) is 2.18. The van der Waals surface area contributed by atoms with E-state index in [1.165, 1.54) is 5.69 Å². The third-order valence-electron chi connectivity index (χ3n) is 1.92. The molecule has 0 aliphatic carbocycles. The molecule has 0 spiro atoms. The summed E-state index contributed by atoms with van der Waals surface area (Å²) in [5, 5.41) is 4.09.